The highest BCUT2D eigenvalue weighted by Crippen LogP contribution is 2.40. The predicted molar refractivity (Wildman–Crippen MR) is 131 cm³/mol. The van der Waals surface area contributed by atoms with Crippen LogP contribution in [-0.4, -0.2) is 6.10 Å². The third-order valence-corrected chi connectivity index (χ3v) is 6.87. The Morgan fingerprint density at radius 2 is 1.61 bits per heavy atom. The molecule has 0 spiro atoms. The number of ether oxygens (including phenoxy) is 1. The molecule has 4 rings (SSSR count). The minimum absolute atomic E-state index is 0.227. The lowest BCUT2D eigenvalue weighted by Gasteiger charge is -2.41. The van der Waals surface area contributed by atoms with Crippen LogP contribution in [0.4, 0.5) is 0 Å². The monoisotopic (exact) mass is 410 g/mol. The molecule has 1 saturated carbocycles. The zero-order valence-corrected chi connectivity index (χ0v) is 19.3. The Bertz CT molecular complexity index is 1070. The van der Waals surface area contributed by atoms with Crippen molar-refractivity contribution < 1.29 is 4.74 Å². The van der Waals surface area contributed by atoms with E-state index < -0.39 is 5.60 Å². The van der Waals surface area contributed by atoms with Gasteiger partial charge in [0.2, 0.25) is 0 Å². The van der Waals surface area contributed by atoms with E-state index in [4.69, 9.17) is 4.74 Å². The summed E-state index contributed by atoms with van der Waals surface area (Å²) in [6, 6.07) is 25.4. The molecular formula is C30H34O. The van der Waals surface area contributed by atoms with Crippen molar-refractivity contribution in [3.05, 3.63) is 83.9 Å². The van der Waals surface area contributed by atoms with E-state index in [0.717, 1.165) is 17.5 Å². The molecule has 0 saturated heterocycles. The SMILES string of the molecule is CC(C)[C@@H]1CC[C@@H](C)C[C@H]1OC(C)(C#Cc1ccccc1)c1ccc2ccccc2c1. The van der Waals surface area contributed by atoms with E-state index >= 15 is 0 Å². The molecule has 1 fully saturated rings. The minimum Gasteiger partial charge on any atom is -0.355 e. The molecule has 1 aliphatic rings. The van der Waals surface area contributed by atoms with Crippen LogP contribution in [0.15, 0.2) is 72.8 Å². The molecule has 0 radical (unpaired) electrons. The normalized spacial score (nSPS) is 23.2. The molecule has 1 heteroatoms. The molecule has 0 heterocycles. The van der Waals surface area contributed by atoms with Crippen molar-refractivity contribution in [2.45, 2.75) is 58.7 Å². The van der Waals surface area contributed by atoms with Crippen LogP contribution in [-0.2, 0) is 10.3 Å². The smallest absolute Gasteiger partial charge is 0.152 e. The van der Waals surface area contributed by atoms with Gasteiger partial charge in [-0.1, -0.05) is 93.6 Å². The molecule has 1 aliphatic carbocycles. The Labute approximate surface area is 187 Å². The molecule has 0 aliphatic heterocycles. The van der Waals surface area contributed by atoms with Gasteiger partial charge in [-0.25, -0.2) is 0 Å². The summed E-state index contributed by atoms with van der Waals surface area (Å²) in [6.07, 6.45) is 3.87. The van der Waals surface area contributed by atoms with Gasteiger partial charge >= 0.3 is 0 Å². The minimum atomic E-state index is -0.658. The number of fused-ring (bicyclic) bond motifs is 1. The number of hydrogen-bond acceptors (Lipinski definition) is 1. The topological polar surface area (TPSA) is 9.23 Å². The van der Waals surface area contributed by atoms with Crippen LogP contribution in [0.25, 0.3) is 10.8 Å². The molecule has 1 unspecified atom stereocenters. The molecule has 3 aromatic carbocycles. The zero-order valence-electron chi connectivity index (χ0n) is 19.3. The largest absolute Gasteiger partial charge is 0.355 e. The van der Waals surface area contributed by atoms with Crippen molar-refractivity contribution in [1.82, 2.24) is 0 Å². The summed E-state index contributed by atoms with van der Waals surface area (Å²) >= 11 is 0. The van der Waals surface area contributed by atoms with Gasteiger partial charge in [-0.3, -0.25) is 0 Å². The van der Waals surface area contributed by atoms with Crippen LogP contribution in [0, 0.1) is 29.6 Å². The Kier molecular flexibility index (Phi) is 6.49. The van der Waals surface area contributed by atoms with Crippen LogP contribution in [0.1, 0.15) is 58.1 Å². The average molecular weight is 411 g/mol. The van der Waals surface area contributed by atoms with Crippen molar-refractivity contribution in [2.24, 2.45) is 17.8 Å². The summed E-state index contributed by atoms with van der Waals surface area (Å²) in [5, 5.41) is 2.48. The molecular weight excluding hydrogens is 376 g/mol. The van der Waals surface area contributed by atoms with Crippen molar-refractivity contribution in [3.8, 4) is 11.8 Å². The van der Waals surface area contributed by atoms with Gasteiger partial charge in [0.05, 0.1) is 6.10 Å². The number of rotatable bonds is 4. The van der Waals surface area contributed by atoms with Crippen LogP contribution in [0.5, 0.6) is 0 Å². The van der Waals surface area contributed by atoms with Gasteiger partial charge in [0.1, 0.15) is 0 Å². The van der Waals surface area contributed by atoms with E-state index in [1.54, 1.807) is 0 Å². The number of hydrogen-bond donors (Lipinski definition) is 0. The molecule has 0 N–H and O–H groups in total. The molecule has 160 valence electrons. The summed E-state index contributed by atoms with van der Waals surface area (Å²) in [5.41, 5.74) is 1.50. The lowest BCUT2D eigenvalue weighted by Crippen LogP contribution is -2.40. The lowest BCUT2D eigenvalue weighted by atomic mass is 9.75. The van der Waals surface area contributed by atoms with Gasteiger partial charge in [0.15, 0.2) is 5.60 Å². The molecule has 4 atom stereocenters. The van der Waals surface area contributed by atoms with Gasteiger partial charge in [0, 0.05) is 5.56 Å². The highest BCUT2D eigenvalue weighted by molar-refractivity contribution is 5.83. The standard InChI is InChI=1S/C30H34O/c1-22(2)28-17-14-23(3)20-29(28)31-30(4,19-18-24-10-6-5-7-11-24)27-16-15-25-12-8-9-13-26(25)21-27/h5-13,15-16,21-23,28-29H,14,17,20H2,1-4H3/t23-,28+,29-,30?/m1/s1. The highest BCUT2D eigenvalue weighted by atomic mass is 16.5. The Hall–Kier alpha value is -2.56. The quantitative estimate of drug-likeness (QED) is 0.403. The fourth-order valence-electron chi connectivity index (χ4n) is 4.92. The Morgan fingerprint density at radius 1 is 0.903 bits per heavy atom. The summed E-state index contributed by atoms with van der Waals surface area (Å²) in [5.74, 6) is 8.83. The third-order valence-electron chi connectivity index (χ3n) is 6.87. The first kappa shape index (κ1) is 21.7. The molecule has 1 nitrogen and oxygen atoms in total. The Morgan fingerprint density at radius 3 is 2.35 bits per heavy atom. The summed E-state index contributed by atoms with van der Waals surface area (Å²) in [7, 11) is 0. The summed E-state index contributed by atoms with van der Waals surface area (Å²) in [4.78, 5) is 0. The summed E-state index contributed by atoms with van der Waals surface area (Å²) < 4.78 is 7.01. The van der Waals surface area contributed by atoms with Crippen molar-refractivity contribution in [2.75, 3.05) is 0 Å². The second-order valence-corrected chi connectivity index (χ2v) is 9.69. The predicted octanol–water partition coefficient (Wildman–Crippen LogP) is 7.58. The highest BCUT2D eigenvalue weighted by Gasteiger charge is 2.37. The molecule has 0 bridgehead atoms. The Balaban J connectivity index is 1.75. The molecule has 31 heavy (non-hydrogen) atoms. The summed E-state index contributed by atoms with van der Waals surface area (Å²) in [6.45, 7) is 9.18. The van der Waals surface area contributed by atoms with Crippen LogP contribution in [0.2, 0.25) is 0 Å². The molecule has 0 amide bonds. The maximum Gasteiger partial charge on any atom is 0.152 e. The van der Waals surface area contributed by atoms with E-state index in [-0.39, 0.29) is 6.10 Å². The fourth-order valence-corrected chi connectivity index (χ4v) is 4.92. The second-order valence-electron chi connectivity index (χ2n) is 9.69. The number of benzene rings is 3. The fraction of sp³-hybridized carbons (Fsp3) is 0.400. The van der Waals surface area contributed by atoms with E-state index in [1.165, 1.54) is 23.6 Å². The zero-order chi connectivity index (χ0) is 21.8. The van der Waals surface area contributed by atoms with Gasteiger partial charge in [0.25, 0.3) is 0 Å². The van der Waals surface area contributed by atoms with Crippen molar-refractivity contribution in [1.29, 1.82) is 0 Å². The lowest BCUT2D eigenvalue weighted by molar-refractivity contribution is -0.108. The van der Waals surface area contributed by atoms with Gasteiger partial charge in [-0.15, -0.1) is 0 Å². The first-order chi connectivity index (χ1) is 14.9. The first-order valence-electron chi connectivity index (χ1n) is 11.7. The maximum atomic E-state index is 7.01. The van der Waals surface area contributed by atoms with Gasteiger partial charge in [-0.05, 0) is 72.1 Å². The van der Waals surface area contributed by atoms with E-state index in [9.17, 15) is 0 Å². The maximum absolute atomic E-state index is 7.01. The van der Waals surface area contributed by atoms with Crippen molar-refractivity contribution >= 4 is 10.8 Å². The van der Waals surface area contributed by atoms with Crippen molar-refractivity contribution in [3.63, 3.8) is 0 Å². The van der Waals surface area contributed by atoms with E-state index in [2.05, 4.69) is 94.1 Å². The van der Waals surface area contributed by atoms with Crippen LogP contribution >= 0.6 is 0 Å². The van der Waals surface area contributed by atoms with E-state index in [1.807, 2.05) is 18.2 Å². The van der Waals surface area contributed by atoms with Gasteiger partial charge in [-0.2, -0.15) is 0 Å². The molecule has 3 aromatic rings. The second kappa shape index (κ2) is 9.29. The van der Waals surface area contributed by atoms with E-state index in [0.29, 0.717) is 17.8 Å². The van der Waals surface area contributed by atoms with Crippen LogP contribution < -0.4 is 0 Å². The third kappa shape index (κ3) is 5.03. The molecule has 0 aromatic heterocycles. The average Bonchev–Trinajstić information content (AvgIpc) is 2.78. The first-order valence-corrected chi connectivity index (χ1v) is 11.7. The van der Waals surface area contributed by atoms with Gasteiger partial charge < -0.3 is 4.74 Å². The van der Waals surface area contributed by atoms with Crippen LogP contribution in [0.3, 0.4) is 0 Å².